The maximum atomic E-state index is 5.84. The number of nitrogens with zero attached hydrogens (tertiary/aromatic N) is 1. The largest absolute Gasteiger partial charge is 0.399 e. The van der Waals surface area contributed by atoms with E-state index in [0.717, 1.165) is 18.7 Å². The first kappa shape index (κ1) is 12.0. The Morgan fingerprint density at radius 2 is 1.94 bits per heavy atom. The van der Waals surface area contributed by atoms with Gasteiger partial charge >= 0.3 is 0 Å². The van der Waals surface area contributed by atoms with Gasteiger partial charge < -0.3 is 10.3 Å². The third kappa shape index (κ3) is 2.46. The van der Waals surface area contributed by atoms with E-state index in [1.807, 2.05) is 6.07 Å². The third-order valence-electron chi connectivity index (χ3n) is 3.36. The molecule has 1 aromatic heterocycles. The molecule has 0 aliphatic carbocycles. The Hall–Kier alpha value is -1.44. The van der Waals surface area contributed by atoms with Crippen LogP contribution >= 0.6 is 0 Å². The van der Waals surface area contributed by atoms with Gasteiger partial charge in [-0.3, -0.25) is 0 Å². The van der Waals surface area contributed by atoms with Gasteiger partial charge in [-0.25, -0.2) is 0 Å². The molecule has 2 rings (SSSR count). The van der Waals surface area contributed by atoms with Crippen LogP contribution in [0.2, 0.25) is 0 Å². The Labute approximate surface area is 103 Å². The van der Waals surface area contributed by atoms with Crippen molar-refractivity contribution in [1.29, 1.82) is 0 Å². The third-order valence-corrected chi connectivity index (χ3v) is 3.36. The van der Waals surface area contributed by atoms with Crippen LogP contribution in [0.3, 0.4) is 0 Å². The molecule has 2 nitrogen and oxygen atoms in total. The number of rotatable bonds is 5. The van der Waals surface area contributed by atoms with E-state index in [0.29, 0.717) is 0 Å². The van der Waals surface area contributed by atoms with Gasteiger partial charge in [0.2, 0.25) is 0 Å². The molecule has 0 saturated carbocycles. The second kappa shape index (κ2) is 5.26. The second-order valence-electron chi connectivity index (χ2n) is 4.67. The lowest BCUT2D eigenvalue weighted by molar-refractivity contribution is 0.600. The van der Waals surface area contributed by atoms with Crippen molar-refractivity contribution in [2.45, 2.75) is 46.1 Å². The van der Waals surface area contributed by atoms with Gasteiger partial charge in [0.1, 0.15) is 0 Å². The molecule has 1 heterocycles. The highest BCUT2D eigenvalue weighted by atomic mass is 15.0. The number of aromatic nitrogens is 1. The average Bonchev–Trinajstić information content (AvgIpc) is 2.67. The van der Waals surface area contributed by atoms with Crippen LogP contribution < -0.4 is 5.73 Å². The monoisotopic (exact) mass is 230 g/mol. The molecular weight excluding hydrogens is 208 g/mol. The van der Waals surface area contributed by atoms with Gasteiger partial charge in [0.25, 0.3) is 0 Å². The minimum Gasteiger partial charge on any atom is -0.399 e. The lowest BCUT2D eigenvalue weighted by Gasteiger charge is -2.09. The van der Waals surface area contributed by atoms with E-state index < -0.39 is 0 Å². The van der Waals surface area contributed by atoms with Gasteiger partial charge in [0.05, 0.1) is 0 Å². The molecule has 0 radical (unpaired) electrons. The summed E-state index contributed by atoms with van der Waals surface area (Å²) in [5, 5.41) is 1.28. The summed E-state index contributed by atoms with van der Waals surface area (Å²) in [4.78, 5) is 0. The SMILES string of the molecule is CCCCCn1c(CC)cc2cc(N)ccc21. The van der Waals surface area contributed by atoms with E-state index in [4.69, 9.17) is 5.73 Å². The van der Waals surface area contributed by atoms with Crippen LogP contribution in [0.25, 0.3) is 10.9 Å². The van der Waals surface area contributed by atoms with Crippen molar-refractivity contribution in [2.75, 3.05) is 5.73 Å². The van der Waals surface area contributed by atoms with Crippen LogP contribution in [-0.4, -0.2) is 4.57 Å². The van der Waals surface area contributed by atoms with E-state index in [1.165, 1.54) is 35.9 Å². The highest BCUT2D eigenvalue weighted by molar-refractivity contribution is 5.84. The smallest absolute Gasteiger partial charge is 0.0484 e. The average molecular weight is 230 g/mol. The molecule has 0 fully saturated rings. The lowest BCUT2D eigenvalue weighted by Crippen LogP contribution is -2.02. The molecule has 2 N–H and O–H groups in total. The Balaban J connectivity index is 2.36. The Bertz CT molecular complexity index is 497. The molecule has 0 spiro atoms. The Morgan fingerprint density at radius 3 is 2.65 bits per heavy atom. The molecule has 2 heteroatoms. The molecule has 0 bridgehead atoms. The quantitative estimate of drug-likeness (QED) is 0.611. The molecule has 0 amide bonds. The van der Waals surface area contributed by atoms with Crippen molar-refractivity contribution < 1.29 is 0 Å². The maximum Gasteiger partial charge on any atom is 0.0484 e. The zero-order chi connectivity index (χ0) is 12.3. The zero-order valence-corrected chi connectivity index (χ0v) is 10.9. The van der Waals surface area contributed by atoms with Gasteiger partial charge in [0.15, 0.2) is 0 Å². The van der Waals surface area contributed by atoms with Crippen molar-refractivity contribution in [1.82, 2.24) is 4.57 Å². The number of unbranched alkanes of at least 4 members (excludes halogenated alkanes) is 2. The molecule has 0 aliphatic heterocycles. The summed E-state index contributed by atoms with van der Waals surface area (Å²) in [5.74, 6) is 0. The summed E-state index contributed by atoms with van der Waals surface area (Å²) in [7, 11) is 0. The fourth-order valence-electron chi connectivity index (χ4n) is 2.42. The number of nitrogen functional groups attached to an aromatic ring is 1. The summed E-state index contributed by atoms with van der Waals surface area (Å²) in [6.07, 6.45) is 4.92. The van der Waals surface area contributed by atoms with Crippen LogP contribution in [0.5, 0.6) is 0 Å². The Morgan fingerprint density at radius 1 is 1.12 bits per heavy atom. The number of benzene rings is 1. The van der Waals surface area contributed by atoms with E-state index in [2.05, 4.69) is 36.6 Å². The van der Waals surface area contributed by atoms with Crippen LogP contribution in [0.1, 0.15) is 38.8 Å². The van der Waals surface area contributed by atoms with Gasteiger partial charge in [-0.15, -0.1) is 0 Å². The minimum atomic E-state index is 0.853. The lowest BCUT2D eigenvalue weighted by atomic mass is 10.2. The van der Waals surface area contributed by atoms with Crippen molar-refractivity contribution in [3.8, 4) is 0 Å². The fraction of sp³-hybridized carbons (Fsp3) is 0.467. The summed E-state index contributed by atoms with van der Waals surface area (Å²) in [6, 6.07) is 8.50. The summed E-state index contributed by atoms with van der Waals surface area (Å²) < 4.78 is 2.45. The van der Waals surface area contributed by atoms with Crippen molar-refractivity contribution >= 4 is 16.6 Å². The number of hydrogen-bond donors (Lipinski definition) is 1. The van der Waals surface area contributed by atoms with E-state index >= 15 is 0 Å². The molecule has 2 aromatic rings. The number of fused-ring (bicyclic) bond motifs is 1. The molecule has 17 heavy (non-hydrogen) atoms. The topological polar surface area (TPSA) is 30.9 Å². The first-order valence-electron chi connectivity index (χ1n) is 6.64. The molecule has 1 aromatic carbocycles. The first-order valence-corrected chi connectivity index (χ1v) is 6.64. The van der Waals surface area contributed by atoms with Crippen LogP contribution in [0, 0.1) is 0 Å². The van der Waals surface area contributed by atoms with E-state index in [-0.39, 0.29) is 0 Å². The van der Waals surface area contributed by atoms with E-state index in [9.17, 15) is 0 Å². The summed E-state index contributed by atoms with van der Waals surface area (Å²) >= 11 is 0. The minimum absolute atomic E-state index is 0.853. The predicted molar refractivity (Wildman–Crippen MR) is 75.3 cm³/mol. The number of anilines is 1. The summed E-state index contributed by atoms with van der Waals surface area (Å²) in [5.41, 5.74) is 9.43. The van der Waals surface area contributed by atoms with Crippen molar-refractivity contribution in [2.24, 2.45) is 0 Å². The zero-order valence-electron chi connectivity index (χ0n) is 10.9. The molecule has 0 unspecified atom stereocenters. The molecule has 0 atom stereocenters. The fourth-order valence-corrected chi connectivity index (χ4v) is 2.42. The first-order chi connectivity index (χ1) is 8.26. The van der Waals surface area contributed by atoms with Gasteiger partial charge in [-0.2, -0.15) is 0 Å². The van der Waals surface area contributed by atoms with Gasteiger partial charge in [-0.05, 0) is 37.1 Å². The van der Waals surface area contributed by atoms with E-state index in [1.54, 1.807) is 0 Å². The van der Waals surface area contributed by atoms with Gasteiger partial charge in [-0.1, -0.05) is 26.7 Å². The molecule has 0 aliphatic rings. The molecule has 92 valence electrons. The Kier molecular flexibility index (Phi) is 3.72. The predicted octanol–water partition coefficient (Wildman–Crippen LogP) is 3.98. The standard InChI is InChI=1S/C15H22N2/c1-3-5-6-9-17-14(4-2)11-12-10-13(16)7-8-15(12)17/h7-8,10-11H,3-6,9,16H2,1-2H3. The second-order valence-corrected chi connectivity index (χ2v) is 4.67. The van der Waals surface area contributed by atoms with Crippen molar-refractivity contribution in [3.05, 3.63) is 30.0 Å². The molecule has 0 saturated heterocycles. The molecular formula is C15H22N2. The van der Waals surface area contributed by atoms with Gasteiger partial charge in [0, 0.05) is 28.8 Å². The van der Waals surface area contributed by atoms with Crippen LogP contribution in [0.15, 0.2) is 24.3 Å². The maximum absolute atomic E-state index is 5.84. The normalized spacial score (nSPS) is 11.2. The van der Waals surface area contributed by atoms with Crippen LogP contribution in [-0.2, 0) is 13.0 Å². The number of nitrogens with two attached hydrogens (primary N) is 1. The highest BCUT2D eigenvalue weighted by Gasteiger charge is 2.07. The number of aryl methyl sites for hydroxylation is 2. The summed E-state index contributed by atoms with van der Waals surface area (Å²) in [6.45, 7) is 5.59. The van der Waals surface area contributed by atoms with Crippen LogP contribution in [0.4, 0.5) is 5.69 Å². The number of hydrogen-bond acceptors (Lipinski definition) is 1. The van der Waals surface area contributed by atoms with Crippen molar-refractivity contribution in [3.63, 3.8) is 0 Å². The highest BCUT2D eigenvalue weighted by Crippen LogP contribution is 2.23.